The van der Waals surface area contributed by atoms with Crippen LogP contribution in [0.4, 0.5) is 11.4 Å². The standard InChI is InChI=1S/C17H19ClN2O3S/c1-3-19(15-7-5-4-6-8-15)17(21)13-20(24(2,22)23)16-11-9-14(18)10-12-16/h4-12H,3,13H2,1-2H3. The monoisotopic (exact) mass is 366 g/mol. The van der Waals surface area contributed by atoms with Gasteiger partial charge < -0.3 is 4.90 Å². The molecule has 0 fully saturated rings. The number of hydrogen-bond acceptors (Lipinski definition) is 3. The third-order valence-corrected chi connectivity index (χ3v) is 4.87. The Morgan fingerprint density at radius 1 is 1.00 bits per heavy atom. The van der Waals surface area contributed by atoms with Crippen LogP contribution in [0.15, 0.2) is 54.6 Å². The van der Waals surface area contributed by atoms with Gasteiger partial charge in [-0.2, -0.15) is 0 Å². The molecule has 24 heavy (non-hydrogen) atoms. The number of amides is 1. The lowest BCUT2D eigenvalue weighted by Crippen LogP contribution is -2.42. The van der Waals surface area contributed by atoms with Gasteiger partial charge in [-0.25, -0.2) is 8.42 Å². The Bertz CT molecular complexity index is 792. The first kappa shape index (κ1) is 18.3. The fraction of sp³-hybridized carbons (Fsp3) is 0.235. The Hall–Kier alpha value is -2.05. The second kappa shape index (κ2) is 7.68. The molecule has 0 radical (unpaired) electrons. The van der Waals surface area contributed by atoms with E-state index in [1.807, 2.05) is 37.3 Å². The van der Waals surface area contributed by atoms with E-state index in [0.717, 1.165) is 16.2 Å². The van der Waals surface area contributed by atoms with Gasteiger partial charge in [0.1, 0.15) is 6.54 Å². The van der Waals surface area contributed by atoms with Crippen molar-refractivity contribution in [3.63, 3.8) is 0 Å². The Balaban J connectivity index is 2.29. The number of sulfonamides is 1. The summed E-state index contributed by atoms with van der Waals surface area (Å²) in [6.45, 7) is 2.02. The Labute approximate surface area is 147 Å². The van der Waals surface area contributed by atoms with E-state index in [2.05, 4.69) is 0 Å². The number of carbonyl (C=O) groups excluding carboxylic acids is 1. The maximum atomic E-state index is 12.7. The summed E-state index contributed by atoms with van der Waals surface area (Å²) < 4.78 is 25.3. The molecule has 2 aromatic carbocycles. The van der Waals surface area contributed by atoms with Crippen molar-refractivity contribution in [2.45, 2.75) is 6.92 Å². The largest absolute Gasteiger partial charge is 0.311 e. The highest BCUT2D eigenvalue weighted by Gasteiger charge is 2.24. The summed E-state index contributed by atoms with van der Waals surface area (Å²) in [5.74, 6) is -0.302. The molecule has 0 heterocycles. The third kappa shape index (κ3) is 4.49. The molecule has 0 saturated carbocycles. The maximum absolute atomic E-state index is 12.7. The van der Waals surface area contributed by atoms with E-state index in [1.165, 1.54) is 0 Å². The van der Waals surface area contributed by atoms with Crippen molar-refractivity contribution >= 4 is 38.9 Å². The van der Waals surface area contributed by atoms with Crippen LogP contribution in [0.25, 0.3) is 0 Å². The van der Waals surface area contributed by atoms with E-state index in [4.69, 9.17) is 11.6 Å². The zero-order chi connectivity index (χ0) is 17.7. The molecule has 0 unspecified atom stereocenters. The topological polar surface area (TPSA) is 57.7 Å². The van der Waals surface area contributed by atoms with Crippen molar-refractivity contribution in [3.05, 3.63) is 59.6 Å². The number of anilines is 2. The van der Waals surface area contributed by atoms with Crippen molar-refractivity contribution in [2.75, 3.05) is 28.6 Å². The van der Waals surface area contributed by atoms with Crippen molar-refractivity contribution in [2.24, 2.45) is 0 Å². The number of carbonyl (C=O) groups is 1. The molecule has 0 bridgehead atoms. The van der Waals surface area contributed by atoms with E-state index >= 15 is 0 Å². The first-order valence-electron chi connectivity index (χ1n) is 7.41. The number of likely N-dealkylation sites (N-methyl/N-ethyl adjacent to an activating group) is 1. The molecule has 0 aliphatic rings. The fourth-order valence-corrected chi connectivity index (χ4v) is 3.30. The van der Waals surface area contributed by atoms with Crippen molar-refractivity contribution in [1.29, 1.82) is 0 Å². The van der Waals surface area contributed by atoms with Crippen LogP contribution in [0.2, 0.25) is 5.02 Å². The van der Waals surface area contributed by atoms with Crippen molar-refractivity contribution < 1.29 is 13.2 Å². The predicted octanol–water partition coefficient (Wildman–Crippen LogP) is 3.16. The van der Waals surface area contributed by atoms with Gasteiger partial charge in [-0.05, 0) is 43.3 Å². The molecule has 0 aromatic heterocycles. The van der Waals surface area contributed by atoms with Gasteiger partial charge in [0.2, 0.25) is 15.9 Å². The summed E-state index contributed by atoms with van der Waals surface area (Å²) >= 11 is 5.85. The van der Waals surface area contributed by atoms with Crippen molar-refractivity contribution in [3.8, 4) is 0 Å². The summed E-state index contributed by atoms with van der Waals surface area (Å²) in [5, 5.41) is 0.498. The highest BCUT2D eigenvalue weighted by molar-refractivity contribution is 7.92. The molecule has 0 spiro atoms. The molecule has 1 amide bonds. The van der Waals surface area contributed by atoms with Crippen LogP contribution >= 0.6 is 11.6 Å². The Kier molecular flexibility index (Phi) is 5.85. The summed E-state index contributed by atoms with van der Waals surface area (Å²) in [6.07, 6.45) is 1.08. The van der Waals surface area contributed by atoms with Gasteiger partial charge in [0.05, 0.1) is 11.9 Å². The minimum atomic E-state index is -3.61. The average Bonchev–Trinajstić information content (AvgIpc) is 2.54. The number of hydrogen-bond donors (Lipinski definition) is 0. The minimum Gasteiger partial charge on any atom is -0.311 e. The highest BCUT2D eigenvalue weighted by atomic mass is 35.5. The van der Waals surface area contributed by atoms with Crippen LogP contribution < -0.4 is 9.21 Å². The molecule has 0 N–H and O–H groups in total. The van der Waals surface area contributed by atoms with Gasteiger partial charge in [0.15, 0.2) is 0 Å². The van der Waals surface area contributed by atoms with Gasteiger partial charge in [0.25, 0.3) is 0 Å². The van der Waals surface area contributed by atoms with Gasteiger partial charge in [-0.3, -0.25) is 9.10 Å². The van der Waals surface area contributed by atoms with E-state index in [9.17, 15) is 13.2 Å². The van der Waals surface area contributed by atoms with Crippen LogP contribution in [0, 0.1) is 0 Å². The summed E-state index contributed by atoms with van der Waals surface area (Å²) in [6, 6.07) is 15.5. The zero-order valence-corrected chi connectivity index (χ0v) is 15.1. The highest BCUT2D eigenvalue weighted by Crippen LogP contribution is 2.21. The maximum Gasteiger partial charge on any atom is 0.247 e. The minimum absolute atomic E-state index is 0.275. The van der Waals surface area contributed by atoms with Gasteiger partial charge in [0, 0.05) is 17.3 Å². The number of para-hydroxylation sites is 1. The lowest BCUT2D eigenvalue weighted by atomic mass is 10.2. The average molecular weight is 367 g/mol. The van der Waals surface area contributed by atoms with E-state index in [-0.39, 0.29) is 12.5 Å². The number of halogens is 1. The quantitative estimate of drug-likeness (QED) is 0.789. The van der Waals surface area contributed by atoms with Gasteiger partial charge >= 0.3 is 0 Å². The fourth-order valence-electron chi connectivity index (χ4n) is 2.33. The number of nitrogens with zero attached hydrogens (tertiary/aromatic N) is 2. The molecule has 7 heteroatoms. The van der Waals surface area contributed by atoms with Crippen LogP contribution in [0.5, 0.6) is 0 Å². The lowest BCUT2D eigenvalue weighted by Gasteiger charge is -2.27. The van der Waals surface area contributed by atoms with E-state index in [1.54, 1.807) is 29.2 Å². The normalized spacial score (nSPS) is 11.1. The van der Waals surface area contributed by atoms with Gasteiger partial charge in [-0.15, -0.1) is 0 Å². The van der Waals surface area contributed by atoms with Crippen LogP contribution in [-0.4, -0.2) is 33.7 Å². The smallest absolute Gasteiger partial charge is 0.247 e. The van der Waals surface area contributed by atoms with Crippen LogP contribution in [-0.2, 0) is 14.8 Å². The van der Waals surface area contributed by atoms with Crippen molar-refractivity contribution in [1.82, 2.24) is 0 Å². The third-order valence-electron chi connectivity index (χ3n) is 3.48. The van der Waals surface area contributed by atoms with Crippen LogP contribution in [0.3, 0.4) is 0 Å². The molecule has 128 valence electrons. The molecular formula is C17H19ClN2O3S. The molecule has 5 nitrogen and oxygen atoms in total. The molecule has 0 aliphatic heterocycles. The second-order valence-electron chi connectivity index (χ2n) is 5.22. The van der Waals surface area contributed by atoms with E-state index in [0.29, 0.717) is 17.3 Å². The number of benzene rings is 2. The Morgan fingerprint density at radius 2 is 1.58 bits per heavy atom. The SMILES string of the molecule is CCN(C(=O)CN(c1ccc(Cl)cc1)S(C)(=O)=O)c1ccccc1. The Morgan fingerprint density at radius 3 is 2.08 bits per heavy atom. The van der Waals surface area contributed by atoms with E-state index < -0.39 is 10.0 Å². The summed E-state index contributed by atoms with van der Waals surface area (Å²) in [5.41, 5.74) is 1.13. The molecule has 0 atom stereocenters. The predicted molar refractivity (Wildman–Crippen MR) is 98.1 cm³/mol. The number of rotatable bonds is 6. The van der Waals surface area contributed by atoms with Crippen LogP contribution in [0.1, 0.15) is 6.92 Å². The summed E-state index contributed by atoms with van der Waals surface area (Å²) in [4.78, 5) is 14.2. The molecule has 2 aromatic rings. The summed E-state index contributed by atoms with van der Waals surface area (Å²) in [7, 11) is -3.61. The molecule has 0 aliphatic carbocycles. The molecule has 0 saturated heterocycles. The first-order valence-corrected chi connectivity index (χ1v) is 9.64. The zero-order valence-electron chi connectivity index (χ0n) is 13.5. The van der Waals surface area contributed by atoms with Gasteiger partial charge in [-0.1, -0.05) is 29.8 Å². The molecule has 2 rings (SSSR count). The molecular weight excluding hydrogens is 348 g/mol. The lowest BCUT2D eigenvalue weighted by molar-refractivity contribution is -0.117. The first-order chi connectivity index (χ1) is 11.3. The second-order valence-corrected chi connectivity index (χ2v) is 7.56.